The molecular weight excluding hydrogens is 390 g/mol. The number of hydrogen-bond donors (Lipinski definition) is 3. The van der Waals surface area contributed by atoms with Gasteiger partial charge in [0.05, 0.1) is 11.0 Å². The van der Waals surface area contributed by atoms with Crippen LogP contribution in [-0.4, -0.2) is 69.1 Å². The van der Waals surface area contributed by atoms with E-state index < -0.39 is 24.0 Å². The molecular formula is C20H25N5O5. The summed E-state index contributed by atoms with van der Waals surface area (Å²) < 4.78 is 2.99. The molecule has 0 bridgehead atoms. The Balaban J connectivity index is 1.54. The number of nitrogens with zero attached hydrogens (tertiary/aromatic N) is 3. The molecule has 2 aliphatic heterocycles. The topological polar surface area (TPSA) is 126 Å². The maximum atomic E-state index is 12.8. The summed E-state index contributed by atoms with van der Waals surface area (Å²) in [4.78, 5) is 49.9. The number of carbonyl (C=O) groups is 3. The summed E-state index contributed by atoms with van der Waals surface area (Å²) in [5, 5.41) is 14.5. The highest BCUT2D eigenvalue weighted by molar-refractivity contribution is 6.00. The molecule has 2 saturated heterocycles. The monoisotopic (exact) mass is 415 g/mol. The van der Waals surface area contributed by atoms with E-state index in [1.54, 1.807) is 7.05 Å². The molecule has 1 aromatic carbocycles. The Morgan fingerprint density at radius 2 is 2.03 bits per heavy atom. The van der Waals surface area contributed by atoms with Gasteiger partial charge in [0.25, 0.3) is 0 Å². The molecule has 0 saturated carbocycles. The number of imide groups is 1. The summed E-state index contributed by atoms with van der Waals surface area (Å²) in [6.07, 6.45) is 1.23. The fourth-order valence-electron chi connectivity index (χ4n) is 4.26. The second-order valence-electron chi connectivity index (χ2n) is 7.90. The number of aliphatic carboxylic acids is 1. The quantitative estimate of drug-likeness (QED) is 0.547. The van der Waals surface area contributed by atoms with Crippen molar-refractivity contribution < 1.29 is 19.5 Å². The van der Waals surface area contributed by atoms with Gasteiger partial charge in [-0.25, -0.2) is 4.79 Å². The van der Waals surface area contributed by atoms with Crippen LogP contribution in [0.4, 0.5) is 0 Å². The van der Waals surface area contributed by atoms with Crippen molar-refractivity contribution >= 4 is 28.8 Å². The van der Waals surface area contributed by atoms with E-state index in [-0.39, 0.29) is 18.0 Å². The highest BCUT2D eigenvalue weighted by atomic mass is 16.4. The van der Waals surface area contributed by atoms with Gasteiger partial charge in [-0.15, -0.1) is 0 Å². The molecule has 0 radical (unpaired) electrons. The van der Waals surface area contributed by atoms with Gasteiger partial charge < -0.3 is 10.4 Å². The van der Waals surface area contributed by atoms with Crippen molar-refractivity contribution in [3.05, 3.63) is 34.2 Å². The number of benzene rings is 1. The zero-order chi connectivity index (χ0) is 21.4. The van der Waals surface area contributed by atoms with Crippen LogP contribution in [0.15, 0.2) is 23.0 Å². The molecule has 4 rings (SSSR count). The first kappa shape index (κ1) is 20.3. The first-order chi connectivity index (χ1) is 14.3. The molecule has 2 aromatic rings. The summed E-state index contributed by atoms with van der Waals surface area (Å²) in [5.41, 5.74) is 2.13. The summed E-state index contributed by atoms with van der Waals surface area (Å²) >= 11 is 0. The van der Waals surface area contributed by atoms with Gasteiger partial charge >= 0.3 is 11.7 Å². The average molecular weight is 415 g/mol. The van der Waals surface area contributed by atoms with Crippen LogP contribution < -0.4 is 16.3 Å². The third-order valence-corrected chi connectivity index (χ3v) is 5.95. The SMILES string of the molecule is Cn1c(=O)n(C2CCC(=O)NC2=O)c2ccc(CCN3CCNC(C(=O)O)C3)cc21. The number of aromatic nitrogens is 2. The van der Waals surface area contributed by atoms with Gasteiger partial charge in [-0.2, -0.15) is 0 Å². The number of aryl methyl sites for hydroxylation is 1. The Hall–Kier alpha value is -2.98. The van der Waals surface area contributed by atoms with Gasteiger partial charge in [0.2, 0.25) is 11.8 Å². The molecule has 0 aliphatic carbocycles. The largest absolute Gasteiger partial charge is 0.480 e. The molecule has 2 fully saturated rings. The van der Waals surface area contributed by atoms with Crippen molar-refractivity contribution in [3.63, 3.8) is 0 Å². The number of carbonyl (C=O) groups excluding carboxylic acids is 2. The van der Waals surface area contributed by atoms with Gasteiger partial charge in [-0.3, -0.25) is 33.7 Å². The lowest BCUT2D eigenvalue weighted by Gasteiger charge is -2.31. The zero-order valence-electron chi connectivity index (χ0n) is 16.8. The highest BCUT2D eigenvalue weighted by Gasteiger charge is 2.31. The number of carboxylic acids is 1. The van der Waals surface area contributed by atoms with E-state index in [1.165, 1.54) is 9.13 Å². The Bertz CT molecular complexity index is 1070. The van der Waals surface area contributed by atoms with E-state index in [4.69, 9.17) is 0 Å². The Morgan fingerprint density at radius 1 is 1.23 bits per heavy atom. The minimum absolute atomic E-state index is 0.208. The lowest BCUT2D eigenvalue weighted by molar-refractivity contribution is -0.141. The summed E-state index contributed by atoms with van der Waals surface area (Å²) in [6, 6.07) is 4.47. The van der Waals surface area contributed by atoms with Crippen molar-refractivity contribution in [1.82, 2.24) is 24.7 Å². The third kappa shape index (κ3) is 3.75. The Kier molecular flexibility index (Phi) is 5.44. The van der Waals surface area contributed by atoms with Crippen LogP contribution in [-0.2, 0) is 27.9 Å². The number of nitrogens with one attached hydrogen (secondary N) is 2. The number of carboxylic acid groups (broad SMARTS) is 1. The number of imidazole rings is 1. The standard InChI is InChI=1S/C20H25N5O5/c1-23-16-10-12(6-8-24-9-7-21-13(11-24)19(28)29)2-3-14(16)25(20(23)30)15-4-5-17(26)22-18(15)27/h2-3,10,13,15,21H,4-9,11H2,1H3,(H,28,29)(H,22,26,27). The first-order valence-corrected chi connectivity index (χ1v) is 10.1. The van der Waals surface area contributed by atoms with E-state index in [1.807, 2.05) is 18.2 Å². The molecule has 0 spiro atoms. The van der Waals surface area contributed by atoms with Crippen LogP contribution >= 0.6 is 0 Å². The molecule has 2 atom stereocenters. The van der Waals surface area contributed by atoms with E-state index in [0.29, 0.717) is 25.0 Å². The average Bonchev–Trinajstić information content (AvgIpc) is 2.97. The number of piperidine rings is 1. The number of piperazine rings is 1. The molecule has 2 unspecified atom stereocenters. The molecule has 2 aliphatic rings. The highest BCUT2D eigenvalue weighted by Crippen LogP contribution is 2.24. The molecule has 3 N–H and O–H groups in total. The minimum Gasteiger partial charge on any atom is -0.480 e. The summed E-state index contributed by atoms with van der Waals surface area (Å²) in [6.45, 7) is 2.61. The van der Waals surface area contributed by atoms with Crippen molar-refractivity contribution in [2.24, 2.45) is 7.05 Å². The lowest BCUT2D eigenvalue weighted by atomic mass is 10.1. The van der Waals surface area contributed by atoms with Gasteiger partial charge in [0, 0.05) is 39.6 Å². The fraction of sp³-hybridized carbons (Fsp3) is 0.500. The van der Waals surface area contributed by atoms with Crippen molar-refractivity contribution in [2.75, 3.05) is 26.2 Å². The fourth-order valence-corrected chi connectivity index (χ4v) is 4.26. The molecule has 10 nitrogen and oxygen atoms in total. The maximum absolute atomic E-state index is 12.8. The van der Waals surface area contributed by atoms with E-state index in [9.17, 15) is 24.3 Å². The number of rotatable bonds is 5. The first-order valence-electron chi connectivity index (χ1n) is 10.1. The zero-order valence-corrected chi connectivity index (χ0v) is 16.8. The maximum Gasteiger partial charge on any atom is 0.329 e. The molecule has 10 heteroatoms. The van der Waals surface area contributed by atoms with Crippen molar-refractivity contribution in [2.45, 2.75) is 31.3 Å². The van der Waals surface area contributed by atoms with E-state index in [2.05, 4.69) is 15.5 Å². The number of hydrogen-bond acceptors (Lipinski definition) is 6. The van der Waals surface area contributed by atoms with Gasteiger partial charge in [-0.05, 0) is 30.5 Å². The Morgan fingerprint density at radius 3 is 2.77 bits per heavy atom. The third-order valence-electron chi connectivity index (χ3n) is 5.95. The van der Waals surface area contributed by atoms with Crippen molar-refractivity contribution in [1.29, 1.82) is 0 Å². The second kappa shape index (κ2) is 8.04. The predicted molar refractivity (Wildman–Crippen MR) is 108 cm³/mol. The summed E-state index contributed by atoms with van der Waals surface area (Å²) in [7, 11) is 1.67. The molecule has 3 heterocycles. The molecule has 30 heavy (non-hydrogen) atoms. The van der Waals surface area contributed by atoms with E-state index >= 15 is 0 Å². The summed E-state index contributed by atoms with van der Waals surface area (Å²) in [5.74, 6) is -1.60. The Labute approximate surface area is 172 Å². The van der Waals surface area contributed by atoms with Crippen molar-refractivity contribution in [3.8, 4) is 0 Å². The van der Waals surface area contributed by atoms with Crippen LogP contribution in [0.25, 0.3) is 11.0 Å². The number of amides is 2. The molecule has 2 amide bonds. The van der Waals surface area contributed by atoms with Gasteiger partial charge in [0.1, 0.15) is 12.1 Å². The van der Waals surface area contributed by atoms with Crippen LogP contribution in [0, 0.1) is 0 Å². The molecule has 160 valence electrons. The van der Waals surface area contributed by atoms with E-state index in [0.717, 1.165) is 30.6 Å². The predicted octanol–water partition coefficient (Wildman–Crippen LogP) is -0.781. The normalized spacial score (nSPS) is 23.0. The van der Waals surface area contributed by atoms with Gasteiger partial charge in [0.15, 0.2) is 0 Å². The number of fused-ring (bicyclic) bond motifs is 1. The minimum atomic E-state index is -0.842. The smallest absolute Gasteiger partial charge is 0.329 e. The molecule has 1 aromatic heterocycles. The lowest BCUT2D eigenvalue weighted by Crippen LogP contribution is -2.54. The van der Waals surface area contributed by atoms with Crippen LogP contribution in [0.1, 0.15) is 24.4 Å². The van der Waals surface area contributed by atoms with Gasteiger partial charge in [-0.1, -0.05) is 6.07 Å². The van der Waals surface area contributed by atoms with Crippen LogP contribution in [0.3, 0.4) is 0 Å². The van der Waals surface area contributed by atoms with Crippen LogP contribution in [0.2, 0.25) is 0 Å². The second-order valence-corrected chi connectivity index (χ2v) is 7.90. The van der Waals surface area contributed by atoms with Crippen LogP contribution in [0.5, 0.6) is 0 Å².